The summed E-state index contributed by atoms with van der Waals surface area (Å²) in [5.41, 5.74) is 2.66. The number of piperidine rings is 1. The molecule has 1 saturated heterocycles. The van der Waals surface area contributed by atoms with Gasteiger partial charge in [0.15, 0.2) is 0 Å². The van der Waals surface area contributed by atoms with Crippen LogP contribution in [-0.2, 0) is 4.74 Å². The van der Waals surface area contributed by atoms with Crippen LogP contribution in [-0.4, -0.2) is 54.4 Å². The largest absolute Gasteiger partial charge is 0.444 e. The van der Waals surface area contributed by atoms with Gasteiger partial charge in [-0.15, -0.1) is 0 Å². The van der Waals surface area contributed by atoms with Crippen molar-refractivity contribution in [3.05, 3.63) is 57.1 Å². The number of fused-ring (bicyclic) bond motifs is 1. The van der Waals surface area contributed by atoms with Crippen molar-refractivity contribution in [2.75, 3.05) is 13.1 Å². The van der Waals surface area contributed by atoms with Gasteiger partial charge in [0, 0.05) is 35.7 Å². The van der Waals surface area contributed by atoms with Gasteiger partial charge in [-0.2, -0.15) is 10.1 Å². The number of halogens is 1. The summed E-state index contributed by atoms with van der Waals surface area (Å²) < 4.78 is 12.7. The lowest BCUT2D eigenvalue weighted by Gasteiger charge is -2.33. The van der Waals surface area contributed by atoms with Crippen LogP contribution in [0.2, 0.25) is 5.02 Å². The van der Waals surface area contributed by atoms with Crippen molar-refractivity contribution in [1.29, 1.82) is 0 Å². The van der Waals surface area contributed by atoms with E-state index in [4.69, 9.17) is 20.9 Å². The number of aromatic amines is 1. The van der Waals surface area contributed by atoms with Gasteiger partial charge >= 0.3 is 6.09 Å². The normalized spacial score (nSPS) is 15.0. The van der Waals surface area contributed by atoms with Crippen molar-refractivity contribution in [2.45, 2.75) is 52.1 Å². The summed E-state index contributed by atoms with van der Waals surface area (Å²) in [7, 11) is 0. The van der Waals surface area contributed by atoms with Crippen LogP contribution < -0.4 is 5.56 Å². The average molecular weight is 511 g/mol. The van der Waals surface area contributed by atoms with E-state index in [1.54, 1.807) is 27.7 Å². The molecule has 4 aromatic rings. The highest BCUT2D eigenvalue weighted by Gasteiger charge is 2.29. The summed E-state index contributed by atoms with van der Waals surface area (Å²) in [6.45, 7) is 8.54. The average Bonchev–Trinajstić information content (AvgIpc) is 3.46. The Labute approximate surface area is 212 Å². The van der Waals surface area contributed by atoms with Gasteiger partial charge in [-0.05, 0) is 52.2 Å². The molecule has 3 aromatic heterocycles. The molecule has 188 valence electrons. The van der Waals surface area contributed by atoms with E-state index in [1.165, 1.54) is 0 Å². The molecule has 0 spiro atoms. The molecule has 0 radical (unpaired) electrons. The minimum Gasteiger partial charge on any atom is -0.444 e. The Morgan fingerprint density at radius 2 is 1.97 bits per heavy atom. The van der Waals surface area contributed by atoms with Gasteiger partial charge < -0.3 is 19.1 Å². The topological polar surface area (TPSA) is 119 Å². The number of aromatic nitrogens is 5. The molecule has 0 unspecified atom stereocenters. The van der Waals surface area contributed by atoms with E-state index in [1.807, 2.05) is 39.8 Å². The summed E-state index contributed by atoms with van der Waals surface area (Å²) in [4.78, 5) is 34.1. The minimum absolute atomic E-state index is 0.0502. The number of benzene rings is 1. The first kappa shape index (κ1) is 24.1. The first-order chi connectivity index (χ1) is 17.1. The predicted molar refractivity (Wildman–Crippen MR) is 134 cm³/mol. The highest BCUT2D eigenvalue weighted by atomic mass is 35.5. The smallest absolute Gasteiger partial charge is 0.410 e. The number of amides is 1. The molecule has 36 heavy (non-hydrogen) atoms. The number of rotatable bonds is 3. The van der Waals surface area contributed by atoms with Crippen molar-refractivity contribution in [3.63, 3.8) is 0 Å². The molecular weight excluding hydrogens is 484 g/mol. The molecule has 1 N–H and O–H groups in total. The Morgan fingerprint density at radius 3 is 2.67 bits per heavy atom. The fourth-order valence-electron chi connectivity index (χ4n) is 4.33. The summed E-state index contributed by atoms with van der Waals surface area (Å²) in [6.07, 6.45) is 2.65. The van der Waals surface area contributed by atoms with Crippen LogP contribution in [0.4, 0.5) is 4.79 Å². The molecule has 11 heteroatoms. The van der Waals surface area contributed by atoms with Crippen LogP contribution in [0.15, 0.2) is 39.8 Å². The first-order valence-corrected chi connectivity index (χ1v) is 12.2. The Balaban J connectivity index is 1.41. The third-order valence-corrected chi connectivity index (χ3v) is 6.59. The molecule has 10 nitrogen and oxygen atoms in total. The molecule has 1 aliphatic heterocycles. The molecule has 1 aromatic carbocycles. The summed E-state index contributed by atoms with van der Waals surface area (Å²) in [6, 6.07) is 7.10. The number of carbonyl (C=O) groups is 1. The molecular formula is C25H27ClN6O4. The molecule has 1 fully saturated rings. The second-order valence-corrected chi connectivity index (χ2v) is 10.4. The maximum atomic E-state index is 12.6. The molecule has 5 rings (SSSR count). The van der Waals surface area contributed by atoms with Crippen molar-refractivity contribution < 1.29 is 14.1 Å². The number of ether oxygens (including phenoxy) is 1. The number of hydrogen-bond donors (Lipinski definition) is 1. The Hall–Kier alpha value is -3.66. The highest BCUT2D eigenvalue weighted by molar-refractivity contribution is 6.31. The SMILES string of the molecule is Cc1ccc(-c2noc(-c3cnn4c(C5CCN(C(=O)OC(C)(C)C)CC5)cc(=O)[nH]c34)n2)cc1Cl. The van der Waals surface area contributed by atoms with E-state index in [0.29, 0.717) is 48.0 Å². The minimum atomic E-state index is -0.543. The van der Waals surface area contributed by atoms with Gasteiger partial charge in [0.1, 0.15) is 16.8 Å². The van der Waals surface area contributed by atoms with Gasteiger partial charge in [0.25, 0.3) is 11.4 Å². The number of nitrogens with one attached hydrogen (secondary N) is 1. The van der Waals surface area contributed by atoms with E-state index in [0.717, 1.165) is 16.8 Å². The summed E-state index contributed by atoms with van der Waals surface area (Å²) in [5.74, 6) is 0.678. The summed E-state index contributed by atoms with van der Waals surface area (Å²) >= 11 is 6.24. The van der Waals surface area contributed by atoms with Crippen molar-refractivity contribution in [2.24, 2.45) is 0 Å². The zero-order chi connectivity index (χ0) is 25.6. The molecule has 0 bridgehead atoms. The molecule has 0 aliphatic carbocycles. The van der Waals surface area contributed by atoms with Crippen LogP contribution in [0.1, 0.15) is 50.8 Å². The number of hydrogen-bond acceptors (Lipinski definition) is 7. The quantitative estimate of drug-likeness (QED) is 0.419. The van der Waals surface area contributed by atoms with Crippen molar-refractivity contribution in [3.8, 4) is 22.8 Å². The zero-order valence-electron chi connectivity index (χ0n) is 20.5. The van der Waals surface area contributed by atoms with Crippen LogP contribution in [0.25, 0.3) is 28.5 Å². The molecule has 0 saturated carbocycles. The fraction of sp³-hybridized carbons (Fsp3) is 0.400. The van der Waals surface area contributed by atoms with Crippen molar-refractivity contribution >= 4 is 23.3 Å². The molecule has 4 heterocycles. The zero-order valence-corrected chi connectivity index (χ0v) is 21.3. The van der Waals surface area contributed by atoms with E-state index >= 15 is 0 Å². The lowest BCUT2D eigenvalue weighted by atomic mass is 9.93. The maximum Gasteiger partial charge on any atom is 0.410 e. The number of carbonyl (C=O) groups excluding carboxylic acids is 1. The molecule has 1 amide bonds. The number of H-pyrrole nitrogens is 1. The van der Waals surface area contributed by atoms with E-state index < -0.39 is 5.60 Å². The summed E-state index contributed by atoms with van der Waals surface area (Å²) in [5, 5.41) is 9.21. The number of nitrogens with zero attached hydrogens (tertiary/aromatic N) is 5. The van der Waals surface area contributed by atoms with Gasteiger partial charge in [0.05, 0.1) is 11.9 Å². The fourth-order valence-corrected chi connectivity index (χ4v) is 4.51. The lowest BCUT2D eigenvalue weighted by Crippen LogP contribution is -2.41. The third kappa shape index (κ3) is 4.73. The van der Waals surface area contributed by atoms with E-state index in [9.17, 15) is 9.59 Å². The number of aryl methyl sites for hydroxylation is 1. The van der Waals surface area contributed by atoms with E-state index in [-0.39, 0.29) is 23.5 Å². The molecule has 0 atom stereocenters. The van der Waals surface area contributed by atoms with Crippen LogP contribution >= 0.6 is 11.6 Å². The first-order valence-electron chi connectivity index (χ1n) is 11.8. The standard InChI is InChI=1S/C25H27ClN6O4/c1-14-5-6-16(11-18(14)26)21-29-23(36-30-21)17-13-27-32-19(12-20(33)28-22(17)32)15-7-9-31(10-8-15)24(34)35-25(2,3)4/h5-6,11-13,15H,7-10H2,1-4H3,(H,28,33). The van der Waals surface area contributed by atoms with Gasteiger partial charge in [-0.1, -0.05) is 28.9 Å². The Kier molecular flexibility index (Phi) is 6.07. The predicted octanol–water partition coefficient (Wildman–Crippen LogP) is 4.82. The van der Waals surface area contributed by atoms with E-state index in [2.05, 4.69) is 20.2 Å². The lowest BCUT2D eigenvalue weighted by molar-refractivity contribution is 0.0203. The Bertz CT molecular complexity index is 1490. The second-order valence-electron chi connectivity index (χ2n) is 10.0. The highest BCUT2D eigenvalue weighted by Crippen LogP contribution is 2.31. The van der Waals surface area contributed by atoms with Crippen LogP contribution in [0.5, 0.6) is 0 Å². The van der Waals surface area contributed by atoms with Gasteiger partial charge in [0.2, 0.25) is 5.82 Å². The van der Waals surface area contributed by atoms with Crippen LogP contribution in [0, 0.1) is 6.92 Å². The monoisotopic (exact) mass is 510 g/mol. The second kappa shape index (κ2) is 9.09. The maximum absolute atomic E-state index is 12.6. The number of likely N-dealkylation sites (tertiary alicyclic amines) is 1. The van der Waals surface area contributed by atoms with Gasteiger partial charge in [-0.25, -0.2) is 9.31 Å². The third-order valence-electron chi connectivity index (χ3n) is 6.19. The van der Waals surface area contributed by atoms with Crippen LogP contribution in [0.3, 0.4) is 0 Å². The van der Waals surface area contributed by atoms with Gasteiger partial charge in [-0.3, -0.25) is 4.79 Å². The van der Waals surface area contributed by atoms with Crippen molar-refractivity contribution in [1.82, 2.24) is 29.6 Å². The molecule has 1 aliphatic rings. The Morgan fingerprint density at radius 1 is 1.22 bits per heavy atom.